The maximum absolute atomic E-state index is 13.6. The summed E-state index contributed by atoms with van der Waals surface area (Å²) in [5, 5.41) is -0.943. The molecule has 0 nitrogen and oxygen atoms in total. The average molecular weight is 325 g/mol. The summed E-state index contributed by atoms with van der Waals surface area (Å²) < 4.78 is 66.2. The Morgan fingerprint density at radius 1 is 0.750 bits per heavy atom. The molecule has 1 unspecified atom stereocenters. The van der Waals surface area contributed by atoms with Gasteiger partial charge in [0, 0.05) is 13.4 Å². The van der Waals surface area contributed by atoms with Crippen molar-refractivity contribution in [1.29, 1.82) is 0 Å². The second-order valence-corrected chi connectivity index (χ2v) is 6.64. The quantitative estimate of drug-likeness (QED) is 0.328. The summed E-state index contributed by atoms with van der Waals surface area (Å²) in [5.74, 6) is -9.85. The van der Waals surface area contributed by atoms with E-state index in [-0.39, 0.29) is 6.16 Å². The fourth-order valence-electron chi connectivity index (χ4n) is 1.63. The van der Waals surface area contributed by atoms with Gasteiger partial charge in [-0.1, -0.05) is 41.6 Å². The lowest BCUT2D eigenvalue weighted by Crippen LogP contribution is -2.18. The van der Waals surface area contributed by atoms with E-state index >= 15 is 0 Å². The molecule has 0 aromatic heterocycles. The first-order valence-electron chi connectivity index (χ1n) is 5.42. The van der Waals surface area contributed by atoms with Crippen LogP contribution in [0.25, 0.3) is 0 Å². The average Bonchev–Trinajstić information content (AvgIpc) is 2.44. The van der Waals surface area contributed by atoms with Crippen molar-refractivity contribution in [3.05, 3.63) is 65.0 Å². The Balaban J connectivity index is 2.42. The molecule has 0 radical (unpaired) electrons. The second-order valence-electron chi connectivity index (χ2n) is 3.92. The van der Waals surface area contributed by atoms with Gasteiger partial charge in [-0.2, -0.15) is 0 Å². The highest BCUT2D eigenvalue weighted by molar-refractivity contribution is 7.89. The van der Waals surface area contributed by atoms with Gasteiger partial charge in [0.1, 0.15) is 0 Å². The van der Waals surface area contributed by atoms with E-state index in [1.54, 1.807) is 30.3 Å². The van der Waals surface area contributed by atoms with E-state index in [9.17, 15) is 22.0 Å². The van der Waals surface area contributed by atoms with E-state index in [2.05, 4.69) is 0 Å². The molecule has 2 rings (SSSR count). The monoisotopic (exact) mass is 324 g/mol. The standard InChI is InChI=1S/C13H7ClF5P/c14-20(6-7-4-2-1-3-5-7)13-11(18)9(16)8(15)10(17)12(13)19/h1-5H,6H2. The molecule has 2 aromatic rings. The van der Waals surface area contributed by atoms with Gasteiger partial charge in [0.05, 0.1) is 5.30 Å². The number of halogens is 6. The van der Waals surface area contributed by atoms with Crippen molar-refractivity contribution in [3.8, 4) is 0 Å². The minimum absolute atomic E-state index is 0.0100. The zero-order valence-electron chi connectivity index (χ0n) is 9.81. The van der Waals surface area contributed by atoms with Gasteiger partial charge in [-0.15, -0.1) is 0 Å². The smallest absolute Gasteiger partial charge is 0.200 e. The van der Waals surface area contributed by atoms with E-state index in [1.165, 1.54) is 0 Å². The summed E-state index contributed by atoms with van der Waals surface area (Å²) >= 11 is 5.88. The van der Waals surface area contributed by atoms with E-state index in [4.69, 9.17) is 11.2 Å². The van der Waals surface area contributed by atoms with Crippen molar-refractivity contribution in [2.24, 2.45) is 0 Å². The topological polar surface area (TPSA) is 0 Å². The molecule has 0 aliphatic rings. The third-order valence-corrected chi connectivity index (χ3v) is 4.98. The fraction of sp³-hybridized carbons (Fsp3) is 0.0769. The third kappa shape index (κ3) is 2.79. The Hall–Kier alpha value is -1.19. The Bertz CT molecular complexity index is 603. The molecule has 0 spiro atoms. The molecule has 0 aliphatic carbocycles. The van der Waals surface area contributed by atoms with Crippen molar-refractivity contribution >= 4 is 23.8 Å². The van der Waals surface area contributed by atoms with Crippen LogP contribution in [0.2, 0.25) is 0 Å². The highest BCUT2D eigenvalue weighted by Gasteiger charge is 2.29. The molecule has 7 heteroatoms. The maximum atomic E-state index is 13.6. The van der Waals surface area contributed by atoms with Gasteiger partial charge in [-0.25, -0.2) is 22.0 Å². The molecule has 0 fully saturated rings. The number of rotatable bonds is 3. The lowest BCUT2D eigenvalue weighted by atomic mass is 10.2. The van der Waals surface area contributed by atoms with Crippen LogP contribution in [0.15, 0.2) is 30.3 Å². The zero-order chi connectivity index (χ0) is 14.9. The van der Waals surface area contributed by atoms with E-state index in [1.807, 2.05) is 0 Å². The molecule has 0 aliphatic heterocycles. The van der Waals surface area contributed by atoms with E-state index in [0.717, 1.165) is 0 Å². The van der Waals surface area contributed by atoms with Gasteiger partial charge in [0.15, 0.2) is 23.3 Å². The summed E-state index contributed by atoms with van der Waals surface area (Å²) in [6, 6.07) is 8.42. The van der Waals surface area contributed by atoms with Crippen LogP contribution < -0.4 is 5.30 Å². The lowest BCUT2D eigenvalue weighted by molar-refractivity contribution is 0.384. The van der Waals surface area contributed by atoms with Gasteiger partial charge in [0.2, 0.25) is 5.82 Å². The van der Waals surface area contributed by atoms with Gasteiger partial charge < -0.3 is 0 Å². The van der Waals surface area contributed by atoms with E-state index < -0.39 is 41.7 Å². The van der Waals surface area contributed by atoms with Crippen LogP contribution in [-0.2, 0) is 6.16 Å². The normalized spacial score (nSPS) is 12.5. The van der Waals surface area contributed by atoms with Crippen LogP contribution in [0.3, 0.4) is 0 Å². The van der Waals surface area contributed by atoms with Crippen molar-refractivity contribution in [3.63, 3.8) is 0 Å². The summed E-state index contributed by atoms with van der Waals surface area (Å²) in [6.45, 7) is 0. The fourth-order valence-corrected chi connectivity index (χ4v) is 3.80. The van der Waals surface area contributed by atoms with Crippen molar-refractivity contribution in [2.45, 2.75) is 6.16 Å². The minimum atomic E-state index is -2.18. The van der Waals surface area contributed by atoms with Crippen LogP contribution >= 0.6 is 18.5 Å². The maximum Gasteiger partial charge on any atom is 0.200 e. The van der Waals surface area contributed by atoms with E-state index in [0.29, 0.717) is 5.56 Å². The SMILES string of the molecule is Fc1c(F)c(F)c(P(Cl)Cc2ccccc2)c(F)c1F. The number of hydrogen-bond donors (Lipinski definition) is 0. The summed E-state index contributed by atoms with van der Waals surface area (Å²) in [4.78, 5) is 0. The van der Waals surface area contributed by atoms with Crippen LogP contribution in [0.4, 0.5) is 22.0 Å². The molecule has 2 aromatic carbocycles. The molecular weight excluding hydrogens is 318 g/mol. The largest absolute Gasteiger partial charge is 0.203 e. The Morgan fingerprint density at radius 3 is 1.70 bits per heavy atom. The first-order valence-corrected chi connectivity index (χ1v) is 7.85. The molecule has 20 heavy (non-hydrogen) atoms. The lowest BCUT2D eigenvalue weighted by Gasteiger charge is -2.13. The summed E-state index contributed by atoms with van der Waals surface area (Å²) in [7, 11) is -2.06. The van der Waals surface area contributed by atoms with Crippen molar-refractivity contribution < 1.29 is 22.0 Å². The highest BCUT2D eigenvalue weighted by atomic mass is 35.7. The summed E-state index contributed by atoms with van der Waals surface area (Å²) in [6.07, 6.45) is 0.0100. The first kappa shape index (κ1) is 15.2. The van der Waals surface area contributed by atoms with Gasteiger partial charge in [-0.05, 0) is 5.56 Å². The first-order chi connectivity index (χ1) is 9.43. The van der Waals surface area contributed by atoms with Crippen LogP contribution in [-0.4, -0.2) is 0 Å². The molecule has 0 saturated heterocycles. The Morgan fingerprint density at radius 2 is 1.20 bits per heavy atom. The van der Waals surface area contributed by atoms with Gasteiger partial charge in [-0.3, -0.25) is 0 Å². The van der Waals surface area contributed by atoms with Gasteiger partial charge in [0.25, 0.3) is 0 Å². The van der Waals surface area contributed by atoms with Crippen LogP contribution in [0, 0.1) is 29.1 Å². The molecule has 0 amide bonds. The zero-order valence-corrected chi connectivity index (χ0v) is 11.5. The number of hydrogen-bond acceptors (Lipinski definition) is 0. The minimum Gasteiger partial charge on any atom is -0.203 e. The Labute approximate surface area is 117 Å². The van der Waals surface area contributed by atoms with Crippen molar-refractivity contribution in [1.82, 2.24) is 0 Å². The van der Waals surface area contributed by atoms with Crippen LogP contribution in [0.5, 0.6) is 0 Å². The molecule has 0 N–H and O–H groups in total. The third-order valence-electron chi connectivity index (χ3n) is 2.59. The van der Waals surface area contributed by atoms with Crippen LogP contribution in [0.1, 0.15) is 5.56 Å². The predicted molar refractivity (Wildman–Crippen MR) is 68.8 cm³/mol. The molecular formula is C13H7ClF5P. The molecule has 106 valence electrons. The molecule has 0 bridgehead atoms. The molecule has 0 saturated carbocycles. The Kier molecular flexibility index (Phi) is 4.61. The second kappa shape index (κ2) is 6.06. The van der Waals surface area contributed by atoms with Gasteiger partial charge >= 0.3 is 0 Å². The van der Waals surface area contributed by atoms with Crippen molar-refractivity contribution in [2.75, 3.05) is 0 Å². The molecule has 1 atom stereocenters. The molecule has 0 heterocycles. The summed E-state index contributed by atoms with van der Waals surface area (Å²) in [5.41, 5.74) is 0.651. The number of benzene rings is 2. The predicted octanol–water partition coefficient (Wildman–Crippen LogP) is 4.84. The highest BCUT2D eigenvalue weighted by Crippen LogP contribution is 2.46.